The van der Waals surface area contributed by atoms with E-state index in [-0.39, 0.29) is 12.0 Å². The van der Waals surface area contributed by atoms with Crippen LogP contribution in [0.25, 0.3) is 0 Å². The predicted octanol–water partition coefficient (Wildman–Crippen LogP) is 4.38. The zero-order valence-electron chi connectivity index (χ0n) is 17.1. The second-order valence-electron chi connectivity index (χ2n) is 7.60. The number of rotatable bonds is 7. The monoisotopic (exact) mass is 428 g/mol. The van der Waals surface area contributed by atoms with E-state index in [1.54, 1.807) is 30.5 Å². The Morgan fingerprint density at radius 1 is 1.07 bits per heavy atom. The number of guanidine groups is 1. The first-order valence-electron chi connectivity index (χ1n) is 9.18. The fourth-order valence-corrected chi connectivity index (χ4v) is 3.26. The van der Waals surface area contributed by atoms with Crippen molar-refractivity contribution in [3.63, 3.8) is 0 Å². The molecule has 0 spiro atoms. The van der Waals surface area contributed by atoms with Crippen LogP contribution in [0, 0.1) is 0 Å². The van der Waals surface area contributed by atoms with Gasteiger partial charge in [-0.15, -0.1) is 11.3 Å². The first kappa shape index (κ1) is 23.2. The molecule has 2 rings (SSSR count). The molecule has 0 atom stereocenters. The average molecular weight is 429 g/mol. The van der Waals surface area contributed by atoms with Crippen molar-refractivity contribution in [2.75, 3.05) is 13.7 Å². The van der Waals surface area contributed by atoms with Gasteiger partial charge in [-0.05, 0) is 11.1 Å². The summed E-state index contributed by atoms with van der Waals surface area (Å²) in [6, 6.07) is 7.21. The third-order valence-electron chi connectivity index (χ3n) is 3.87. The first-order valence-corrected chi connectivity index (χ1v) is 10.1. The highest BCUT2D eigenvalue weighted by Gasteiger charge is 2.27. The summed E-state index contributed by atoms with van der Waals surface area (Å²) in [6.45, 7) is 6.20. The summed E-state index contributed by atoms with van der Waals surface area (Å²) in [5, 5.41) is 9.58. The molecule has 0 aliphatic carbocycles. The Labute approximate surface area is 173 Å². The average Bonchev–Trinajstić information content (AvgIpc) is 3.11. The molecule has 0 bridgehead atoms. The van der Waals surface area contributed by atoms with E-state index in [2.05, 4.69) is 46.1 Å². The van der Waals surface area contributed by atoms with Crippen LogP contribution in [0.15, 0.2) is 34.6 Å². The highest BCUT2D eigenvalue weighted by atomic mass is 32.1. The third kappa shape index (κ3) is 8.41. The van der Waals surface area contributed by atoms with E-state index >= 15 is 0 Å². The summed E-state index contributed by atoms with van der Waals surface area (Å²) in [7, 11) is 1.69. The van der Waals surface area contributed by atoms with Crippen LogP contribution in [0.1, 0.15) is 42.6 Å². The van der Waals surface area contributed by atoms with Crippen LogP contribution in [0.5, 0.6) is 0 Å². The van der Waals surface area contributed by atoms with Gasteiger partial charge in [0, 0.05) is 24.4 Å². The number of benzene rings is 1. The van der Waals surface area contributed by atoms with E-state index < -0.39 is 12.8 Å². The van der Waals surface area contributed by atoms with Crippen LogP contribution in [0.4, 0.5) is 13.2 Å². The number of ether oxygens (including phenoxy) is 1. The lowest BCUT2D eigenvalue weighted by molar-refractivity contribution is -0.176. The Hall–Kier alpha value is -2.13. The fraction of sp³-hybridized carbons (Fsp3) is 0.500. The maximum Gasteiger partial charge on any atom is 0.411 e. The SMILES string of the molecule is CN=C(NCc1ccc(COCC(F)(F)F)cc1)NCc1csc(C(C)(C)C)n1. The minimum Gasteiger partial charge on any atom is -0.367 e. The van der Waals surface area contributed by atoms with Crippen LogP contribution in [-0.2, 0) is 29.8 Å². The van der Waals surface area contributed by atoms with Crippen molar-refractivity contribution in [3.8, 4) is 0 Å². The summed E-state index contributed by atoms with van der Waals surface area (Å²) in [6.07, 6.45) is -4.31. The van der Waals surface area contributed by atoms with Crippen LogP contribution in [0.3, 0.4) is 0 Å². The van der Waals surface area contributed by atoms with E-state index in [1.807, 2.05) is 17.5 Å². The first-order chi connectivity index (χ1) is 13.6. The number of alkyl halides is 3. The van der Waals surface area contributed by atoms with E-state index in [4.69, 9.17) is 0 Å². The van der Waals surface area contributed by atoms with Crippen LogP contribution in [0.2, 0.25) is 0 Å². The zero-order chi connectivity index (χ0) is 21.5. The Morgan fingerprint density at radius 3 is 2.24 bits per heavy atom. The van der Waals surface area contributed by atoms with Crippen molar-refractivity contribution >= 4 is 17.3 Å². The molecule has 1 heterocycles. The number of thiazole rings is 1. The Balaban J connectivity index is 1.78. The van der Waals surface area contributed by atoms with Crippen LogP contribution in [-0.4, -0.2) is 30.8 Å². The van der Waals surface area contributed by atoms with Crippen molar-refractivity contribution in [2.45, 2.75) is 52.1 Å². The highest BCUT2D eigenvalue weighted by molar-refractivity contribution is 7.09. The molecule has 2 N–H and O–H groups in total. The molecule has 0 amide bonds. The molecule has 2 aromatic rings. The molecule has 5 nitrogen and oxygen atoms in total. The number of nitrogens with zero attached hydrogens (tertiary/aromatic N) is 2. The summed E-state index contributed by atoms with van der Waals surface area (Å²) in [4.78, 5) is 8.84. The van der Waals surface area contributed by atoms with Gasteiger partial charge in [0.1, 0.15) is 6.61 Å². The minimum absolute atomic E-state index is 0.0345. The van der Waals surface area contributed by atoms with Gasteiger partial charge in [-0.2, -0.15) is 13.2 Å². The maximum absolute atomic E-state index is 12.1. The van der Waals surface area contributed by atoms with Gasteiger partial charge in [0.15, 0.2) is 5.96 Å². The summed E-state index contributed by atoms with van der Waals surface area (Å²) in [5.41, 5.74) is 2.67. The van der Waals surface area contributed by atoms with Gasteiger partial charge < -0.3 is 15.4 Å². The van der Waals surface area contributed by atoms with Gasteiger partial charge in [0.05, 0.1) is 23.9 Å². The third-order valence-corrected chi connectivity index (χ3v) is 5.19. The molecule has 0 saturated heterocycles. The quantitative estimate of drug-likeness (QED) is 0.507. The maximum atomic E-state index is 12.1. The van der Waals surface area contributed by atoms with E-state index in [0.717, 1.165) is 16.3 Å². The molecule has 1 aromatic heterocycles. The summed E-state index contributed by atoms with van der Waals surface area (Å²) < 4.78 is 41.0. The van der Waals surface area contributed by atoms with Gasteiger partial charge in [-0.25, -0.2) is 4.98 Å². The van der Waals surface area contributed by atoms with E-state index in [9.17, 15) is 13.2 Å². The second-order valence-corrected chi connectivity index (χ2v) is 8.46. The number of halogens is 3. The van der Waals surface area contributed by atoms with Gasteiger partial charge in [0.2, 0.25) is 0 Å². The van der Waals surface area contributed by atoms with Crippen molar-refractivity contribution < 1.29 is 17.9 Å². The van der Waals surface area contributed by atoms with Gasteiger partial charge in [-0.3, -0.25) is 4.99 Å². The lowest BCUT2D eigenvalue weighted by Gasteiger charge is -2.14. The molecule has 0 aliphatic rings. The van der Waals surface area contributed by atoms with E-state index in [0.29, 0.717) is 24.6 Å². The van der Waals surface area contributed by atoms with Gasteiger partial charge >= 0.3 is 6.18 Å². The standard InChI is InChI=1S/C20H27F3N4OS/c1-19(2,3)17-27-16(12-29-17)10-26-18(24-4)25-9-14-5-7-15(8-6-14)11-28-13-20(21,22)23/h5-8,12H,9-11,13H2,1-4H3,(H2,24,25,26). The zero-order valence-corrected chi connectivity index (χ0v) is 17.9. The van der Waals surface area contributed by atoms with Gasteiger partial charge in [-0.1, -0.05) is 45.0 Å². The number of hydrogen-bond acceptors (Lipinski definition) is 4. The predicted molar refractivity (Wildman–Crippen MR) is 110 cm³/mol. The molecule has 160 valence electrons. The lowest BCUT2D eigenvalue weighted by atomic mass is 9.98. The van der Waals surface area contributed by atoms with Crippen LogP contribution < -0.4 is 10.6 Å². The van der Waals surface area contributed by atoms with Crippen molar-refractivity contribution in [1.82, 2.24) is 15.6 Å². The highest BCUT2D eigenvalue weighted by Crippen LogP contribution is 2.25. The molecule has 0 unspecified atom stereocenters. The molecule has 0 aliphatic heterocycles. The number of aromatic nitrogens is 1. The number of nitrogens with one attached hydrogen (secondary N) is 2. The Bertz CT molecular complexity index is 795. The van der Waals surface area contributed by atoms with Crippen LogP contribution >= 0.6 is 11.3 Å². The van der Waals surface area contributed by atoms with Gasteiger partial charge in [0.25, 0.3) is 0 Å². The molecular weight excluding hydrogens is 401 g/mol. The normalized spacial score (nSPS) is 12.9. The van der Waals surface area contributed by atoms with Crippen molar-refractivity contribution in [2.24, 2.45) is 4.99 Å². The number of aliphatic imine (C=N–C) groups is 1. The topological polar surface area (TPSA) is 58.5 Å². The van der Waals surface area contributed by atoms with Crippen molar-refractivity contribution in [3.05, 3.63) is 51.5 Å². The molecule has 29 heavy (non-hydrogen) atoms. The second kappa shape index (κ2) is 10.1. The molecule has 1 aromatic carbocycles. The largest absolute Gasteiger partial charge is 0.411 e. The molecular formula is C20H27F3N4OS. The summed E-state index contributed by atoms with van der Waals surface area (Å²) in [5.74, 6) is 0.646. The fourth-order valence-electron chi connectivity index (χ4n) is 2.35. The molecule has 0 saturated carbocycles. The lowest BCUT2D eigenvalue weighted by Crippen LogP contribution is -2.36. The molecule has 9 heteroatoms. The Morgan fingerprint density at radius 2 is 1.69 bits per heavy atom. The molecule has 0 fully saturated rings. The minimum atomic E-state index is -4.31. The van der Waals surface area contributed by atoms with E-state index in [1.165, 1.54) is 0 Å². The smallest absolute Gasteiger partial charge is 0.367 e. The molecule has 0 radical (unpaired) electrons. The number of hydrogen-bond donors (Lipinski definition) is 2. The van der Waals surface area contributed by atoms with Crippen molar-refractivity contribution in [1.29, 1.82) is 0 Å². The summed E-state index contributed by atoms with van der Waals surface area (Å²) >= 11 is 1.65. The Kier molecular flexibility index (Phi) is 8.04.